The highest BCUT2D eigenvalue weighted by Gasteiger charge is 2.23. The van der Waals surface area contributed by atoms with Gasteiger partial charge in [-0.1, -0.05) is 23.2 Å². The number of aryl methyl sites for hydroxylation is 1. The van der Waals surface area contributed by atoms with Crippen molar-refractivity contribution in [2.45, 2.75) is 44.0 Å². The molecular formula is C24H26Cl2FN3O5S2. The molecule has 0 aliphatic rings. The Morgan fingerprint density at radius 3 is 2.68 bits per heavy atom. The molecule has 0 aliphatic heterocycles. The van der Waals surface area contributed by atoms with E-state index in [1.807, 2.05) is 0 Å². The maximum absolute atomic E-state index is 14.8. The van der Waals surface area contributed by atoms with Crippen LogP contribution in [0.2, 0.25) is 10.0 Å². The lowest BCUT2D eigenvalue weighted by Gasteiger charge is -2.15. The van der Waals surface area contributed by atoms with Crippen LogP contribution in [0.3, 0.4) is 0 Å². The summed E-state index contributed by atoms with van der Waals surface area (Å²) >= 11 is 13.5. The fourth-order valence-corrected chi connectivity index (χ4v) is 5.65. The lowest BCUT2D eigenvalue weighted by atomic mass is 10.1. The number of carbonyl (C=O) groups excluding carboxylic acids is 1. The van der Waals surface area contributed by atoms with Gasteiger partial charge in [-0.15, -0.1) is 11.3 Å². The van der Waals surface area contributed by atoms with Gasteiger partial charge >= 0.3 is 5.97 Å². The van der Waals surface area contributed by atoms with E-state index in [4.69, 9.17) is 32.7 Å². The number of halogens is 3. The van der Waals surface area contributed by atoms with Crippen molar-refractivity contribution in [1.82, 2.24) is 10.3 Å². The van der Waals surface area contributed by atoms with Gasteiger partial charge in [0, 0.05) is 22.7 Å². The molecule has 2 aromatic carbocycles. The molecule has 0 bridgehead atoms. The van der Waals surface area contributed by atoms with Gasteiger partial charge < -0.3 is 14.8 Å². The molecule has 3 aromatic rings. The third kappa shape index (κ3) is 8.27. The van der Waals surface area contributed by atoms with Crippen LogP contribution in [0.4, 0.5) is 9.52 Å². The molecule has 0 radical (unpaired) electrons. The molecule has 1 unspecified atom stereocenters. The number of anilines is 1. The number of hydrogen-bond donors (Lipinski definition) is 2. The molecule has 0 aliphatic carbocycles. The summed E-state index contributed by atoms with van der Waals surface area (Å²) in [6, 6.07) is 6.54. The molecule has 37 heavy (non-hydrogen) atoms. The van der Waals surface area contributed by atoms with Gasteiger partial charge in [-0.3, -0.25) is 9.52 Å². The van der Waals surface area contributed by atoms with Crippen molar-refractivity contribution in [3.63, 3.8) is 0 Å². The molecule has 1 atom stereocenters. The highest BCUT2D eigenvalue weighted by Crippen LogP contribution is 2.36. The van der Waals surface area contributed by atoms with Crippen LogP contribution in [0.5, 0.6) is 11.5 Å². The predicted octanol–water partition coefficient (Wildman–Crippen LogP) is 6.05. The van der Waals surface area contributed by atoms with Crippen molar-refractivity contribution in [2.24, 2.45) is 0 Å². The highest BCUT2D eigenvalue weighted by atomic mass is 35.5. The summed E-state index contributed by atoms with van der Waals surface area (Å²) in [7, 11) is -4.24. The van der Waals surface area contributed by atoms with E-state index in [1.54, 1.807) is 37.4 Å². The second kappa shape index (κ2) is 13.4. The van der Waals surface area contributed by atoms with Gasteiger partial charge in [-0.05, 0) is 69.5 Å². The number of benzene rings is 2. The third-order valence-electron chi connectivity index (χ3n) is 5.14. The molecule has 13 heteroatoms. The van der Waals surface area contributed by atoms with Gasteiger partial charge in [0.05, 0.1) is 11.6 Å². The van der Waals surface area contributed by atoms with E-state index in [1.165, 1.54) is 6.20 Å². The van der Waals surface area contributed by atoms with Crippen molar-refractivity contribution in [1.29, 1.82) is 0 Å². The molecule has 2 N–H and O–H groups in total. The molecule has 0 fully saturated rings. The van der Waals surface area contributed by atoms with Crippen molar-refractivity contribution in [3.05, 3.63) is 63.3 Å². The number of rotatable bonds is 13. The highest BCUT2D eigenvalue weighted by molar-refractivity contribution is 7.93. The lowest BCUT2D eigenvalue weighted by molar-refractivity contribution is -0.145. The number of carbonyl (C=O) groups is 1. The number of esters is 1. The zero-order valence-electron chi connectivity index (χ0n) is 20.1. The number of nitrogens with one attached hydrogen (secondary N) is 2. The summed E-state index contributed by atoms with van der Waals surface area (Å²) in [6.07, 6.45) is 3.54. The minimum Gasteiger partial charge on any atom is -0.465 e. The summed E-state index contributed by atoms with van der Waals surface area (Å²) < 4.78 is 53.1. The van der Waals surface area contributed by atoms with E-state index in [9.17, 15) is 17.6 Å². The van der Waals surface area contributed by atoms with Crippen LogP contribution in [0, 0.1) is 5.82 Å². The predicted molar refractivity (Wildman–Crippen MR) is 143 cm³/mol. The van der Waals surface area contributed by atoms with Crippen LogP contribution in [-0.4, -0.2) is 38.6 Å². The maximum atomic E-state index is 14.8. The molecule has 0 saturated heterocycles. The summed E-state index contributed by atoms with van der Waals surface area (Å²) in [4.78, 5) is 14.9. The van der Waals surface area contributed by atoms with Gasteiger partial charge in [0.15, 0.2) is 5.13 Å². The number of ether oxygens (including phenoxy) is 2. The number of aromatic nitrogens is 1. The lowest BCUT2D eigenvalue weighted by Crippen LogP contribution is -2.35. The maximum Gasteiger partial charge on any atom is 0.322 e. The fourth-order valence-electron chi connectivity index (χ4n) is 3.31. The topological polar surface area (TPSA) is 107 Å². The van der Waals surface area contributed by atoms with Gasteiger partial charge in [0.2, 0.25) is 0 Å². The summed E-state index contributed by atoms with van der Waals surface area (Å²) in [6.45, 7) is 4.45. The third-order valence-corrected chi connectivity index (χ3v) is 7.84. The van der Waals surface area contributed by atoms with Crippen molar-refractivity contribution < 1.29 is 27.1 Å². The Bertz CT molecular complexity index is 1320. The van der Waals surface area contributed by atoms with Crippen LogP contribution in [0.25, 0.3) is 0 Å². The Morgan fingerprint density at radius 1 is 1.19 bits per heavy atom. The summed E-state index contributed by atoms with van der Waals surface area (Å²) in [5.41, 5.74) is 0.768. The van der Waals surface area contributed by atoms with Crippen molar-refractivity contribution >= 4 is 55.7 Å². The van der Waals surface area contributed by atoms with Crippen LogP contribution >= 0.6 is 34.5 Å². The van der Waals surface area contributed by atoms with E-state index >= 15 is 0 Å². The van der Waals surface area contributed by atoms with E-state index in [-0.39, 0.29) is 21.9 Å². The molecule has 0 amide bonds. The first-order valence-electron chi connectivity index (χ1n) is 11.4. The quantitative estimate of drug-likeness (QED) is 0.185. The van der Waals surface area contributed by atoms with Gasteiger partial charge in [0.1, 0.15) is 28.3 Å². The van der Waals surface area contributed by atoms with Crippen molar-refractivity contribution in [2.75, 3.05) is 17.9 Å². The van der Waals surface area contributed by atoms with Crippen LogP contribution in [0.15, 0.2) is 46.8 Å². The second-order valence-corrected chi connectivity index (χ2v) is 11.3. The monoisotopic (exact) mass is 589 g/mol. The Hall–Kier alpha value is -2.44. The minimum absolute atomic E-state index is 0.0409. The normalized spacial score (nSPS) is 12.2. The van der Waals surface area contributed by atoms with E-state index in [0.29, 0.717) is 30.3 Å². The summed E-state index contributed by atoms with van der Waals surface area (Å²) in [5, 5.41) is 5.22. The Kier molecular flexibility index (Phi) is 10.5. The Balaban J connectivity index is 1.67. The average Bonchev–Trinajstić information content (AvgIpc) is 3.34. The minimum atomic E-state index is -4.24. The first-order chi connectivity index (χ1) is 17.6. The molecule has 200 valence electrons. The number of nitrogens with zero attached hydrogens (tertiary/aromatic N) is 1. The Morgan fingerprint density at radius 2 is 1.97 bits per heavy atom. The first kappa shape index (κ1) is 29.1. The number of sulfonamides is 1. The SMILES string of the molecule is CCOC(=O)C(C)NCCCCc1cc(Cl)ccc1Oc1cc(F)c(S(=O)(=O)Nc2nccs2)cc1Cl. The fraction of sp³-hybridized carbons (Fsp3) is 0.333. The van der Waals surface area contributed by atoms with Crippen LogP contribution in [0.1, 0.15) is 32.3 Å². The molecule has 0 saturated carbocycles. The second-order valence-electron chi connectivity index (χ2n) is 7.89. The van der Waals surface area contributed by atoms with Gasteiger partial charge in [0.25, 0.3) is 10.0 Å². The van der Waals surface area contributed by atoms with E-state index < -0.39 is 26.8 Å². The zero-order chi connectivity index (χ0) is 27.0. The molecule has 0 spiro atoms. The molecule has 1 aromatic heterocycles. The molecule has 3 rings (SSSR count). The number of unbranched alkanes of at least 4 members (excludes halogenated alkanes) is 1. The Labute approximate surface area is 229 Å². The molecular weight excluding hydrogens is 564 g/mol. The van der Waals surface area contributed by atoms with Crippen molar-refractivity contribution in [3.8, 4) is 11.5 Å². The largest absolute Gasteiger partial charge is 0.465 e. The number of thiazole rings is 1. The van der Waals surface area contributed by atoms with Gasteiger partial charge in [-0.25, -0.2) is 17.8 Å². The standard InChI is InChI=1S/C24H26Cl2FN3O5S2/c1-3-34-23(31)15(2)28-9-5-4-6-16-12-17(25)7-8-20(16)35-21-14-19(27)22(13-18(21)26)37(32,33)30-24-29-10-11-36-24/h7-8,10-15,28H,3-6,9H2,1-2H3,(H,29,30). The summed E-state index contributed by atoms with van der Waals surface area (Å²) in [5.74, 6) is -0.952. The van der Waals surface area contributed by atoms with Gasteiger partial charge in [-0.2, -0.15) is 0 Å². The molecule has 1 heterocycles. The van der Waals surface area contributed by atoms with E-state index in [2.05, 4.69) is 15.0 Å². The van der Waals surface area contributed by atoms with Crippen LogP contribution in [-0.2, 0) is 26.0 Å². The number of hydrogen-bond acceptors (Lipinski definition) is 8. The van der Waals surface area contributed by atoms with E-state index in [0.717, 1.165) is 41.9 Å². The smallest absolute Gasteiger partial charge is 0.322 e. The first-order valence-corrected chi connectivity index (χ1v) is 14.5. The average molecular weight is 591 g/mol. The molecule has 8 nitrogen and oxygen atoms in total. The van der Waals surface area contributed by atoms with Crippen LogP contribution < -0.4 is 14.8 Å². The zero-order valence-corrected chi connectivity index (χ0v) is 23.2.